The van der Waals surface area contributed by atoms with Crippen molar-refractivity contribution in [2.75, 3.05) is 13.4 Å². The molecule has 0 amide bonds. The van der Waals surface area contributed by atoms with Crippen molar-refractivity contribution < 1.29 is 19.2 Å². The number of Topliss-reactive ketones (excluding diaryl/α,β-unsaturated/α-hetero) is 2. The summed E-state index contributed by atoms with van der Waals surface area (Å²) in [6.07, 6.45) is 3.87. The fraction of sp³-hybridized carbons (Fsp3) is 0.250. The minimum atomic E-state index is -0.629. The Hall–Kier alpha value is -2.84. The molecule has 0 saturated carbocycles. The van der Waals surface area contributed by atoms with Crippen molar-refractivity contribution in [2.24, 2.45) is 0 Å². The molecule has 1 aliphatic carbocycles. The van der Waals surface area contributed by atoms with Gasteiger partial charge in [-0.3, -0.25) is 19.7 Å². The molecule has 0 N–H and O–H groups in total. The van der Waals surface area contributed by atoms with E-state index in [9.17, 15) is 19.7 Å². The lowest BCUT2D eigenvalue weighted by Crippen LogP contribution is -2.25. The molecule has 0 aromatic heterocycles. The zero-order valence-corrected chi connectivity index (χ0v) is 19.3. The summed E-state index contributed by atoms with van der Waals surface area (Å²) in [5.41, 5.74) is 2.12. The molecule has 1 unspecified atom stereocenters. The summed E-state index contributed by atoms with van der Waals surface area (Å²) in [7, 11) is 1.56. The number of nitro benzene ring substituents is 1. The van der Waals surface area contributed by atoms with Crippen LogP contribution in [-0.2, 0) is 4.79 Å². The van der Waals surface area contributed by atoms with Crippen molar-refractivity contribution in [2.45, 2.75) is 25.2 Å². The first-order valence-electron chi connectivity index (χ1n) is 10.1. The molecule has 2 aromatic rings. The number of methoxy groups -OCH3 is 1. The molecule has 0 spiro atoms. The van der Waals surface area contributed by atoms with Gasteiger partial charge in [0.1, 0.15) is 5.75 Å². The van der Waals surface area contributed by atoms with Crippen LogP contribution in [0.5, 0.6) is 5.75 Å². The quantitative estimate of drug-likeness (QED) is 0.297. The largest absolute Gasteiger partial charge is 0.497 e. The monoisotopic (exact) mass is 467 g/mol. The topological polar surface area (TPSA) is 86.5 Å². The first kappa shape index (κ1) is 22.4. The average molecular weight is 468 g/mol. The van der Waals surface area contributed by atoms with Crippen molar-refractivity contribution in [1.29, 1.82) is 0 Å². The van der Waals surface area contributed by atoms with Crippen molar-refractivity contribution in [3.63, 3.8) is 0 Å². The van der Waals surface area contributed by atoms with Gasteiger partial charge in [-0.2, -0.15) is 0 Å². The van der Waals surface area contributed by atoms with E-state index in [4.69, 9.17) is 4.74 Å². The van der Waals surface area contributed by atoms with E-state index in [0.29, 0.717) is 34.4 Å². The van der Waals surface area contributed by atoms with Gasteiger partial charge in [-0.05, 0) is 53.8 Å². The number of nitro groups is 1. The van der Waals surface area contributed by atoms with Crippen molar-refractivity contribution >= 4 is 40.8 Å². The number of ketones is 2. The highest BCUT2D eigenvalue weighted by molar-refractivity contribution is 8.23. The third-order valence-electron chi connectivity index (χ3n) is 5.62. The van der Waals surface area contributed by atoms with Gasteiger partial charge < -0.3 is 4.74 Å². The summed E-state index contributed by atoms with van der Waals surface area (Å²) in [5.74, 6) is -0.168. The van der Waals surface area contributed by atoms with Crippen LogP contribution in [0.1, 0.15) is 41.1 Å². The number of allylic oxidation sites excluding steroid dienone is 3. The number of ether oxygens (including phenoxy) is 1. The van der Waals surface area contributed by atoms with Crippen LogP contribution in [0.4, 0.5) is 5.69 Å². The van der Waals surface area contributed by atoms with Gasteiger partial charge in [-0.25, -0.2) is 0 Å². The van der Waals surface area contributed by atoms with Crippen LogP contribution < -0.4 is 4.74 Å². The van der Waals surface area contributed by atoms with Gasteiger partial charge >= 0.3 is 0 Å². The number of carbonyl (C=O) groups excluding carboxylic acids is 2. The number of nitrogens with zero attached hydrogens (tertiary/aromatic N) is 1. The smallest absolute Gasteiger partial charge is 0.269 e. The van der Waals surface area contributed by atoms with Gasteiger partial charge in [0.25, 0.3) is 5.69 Å². The zero-order chi connectivity index (χ0) is 22.8. The maximum atomic E-state index is 13.8. The number of hydrogen-bond donors (Lipinski definition) is 0. The molecule has 0 saturated heterocycles. The fourth-order valence-corrected chi connectivity index (χ4v) is 6.31. The first-order valence-corrected chi connectivity index (χ1v) is 12.1. The van der Waals surface area contributed by atoms with Crippen LogP contribution in [0, 0.1) is 10.1 Å². The highest BCUT2D eigenvalue weighted by Gasteiger charge is 2.40. The van der Waals surface area contributed by atoms with Crippen molar-refractivity contribution in [3.05, 3.63) is 90.1 Å². The number of carbonyl (C=O) groups is 2. The fourth-order valence-electron chi connectivity index (χ4n) is 4.12. The molecule has 8 heteroatoms. The molecule has 0 fully saturated rings. The van der Waals surface area contributed by atoms with E-state index in [2.05, 4.69) is 0 Å². The standard InChI is InChI=1S/C24H21NO5S2/c1-30-17-11-9-14(10-12-17)23(27)22-20(15-5-3-6-16(13-15)25(28)29)21-18(26)7-4-8-19(21)32-24(22)31-2/h3,5-6,9-13,20H,4,7-8H2,1-2H3. The lowest BCUT2D eigenvalue weighted by Gasteiger charge is -2.33. The molecular formula is C24H21NO5S2. The molecule has 1 aliphatic heterocycles. The molecule has 2 aliphatic rings. The summed E-state index contributed by atoms with van der Waals surface area (Å²) in [6.45, 7) is 0. The molecule has 1 atom stereocenters. The van der Waals surface area contributed by atoms with E-state index in [-0.39, 0.29) is 17.3 Å². The predicted molar refractivity (Wildman–Crippen MR) is 127 cm³/mol. The third-order valence-corrected chi connectivity index (χ3v) is 8.03. The number of rotatable bonds is 6. The molecule has 2 aromatic carbocycles. The van der Waals surface area contributed by atoms with Crippen LogP contribution >= 0.6 is 23.5 Å². The maximum absolute atomic E-state index is 13.8. The Balaban J connectivity index is 1.90. The highest BCUT2D eigenvalue weighted by atomic mass is 32.2. The second-order valence-electron chi connectivity index (χ2n) is 7.46. The van der Waals surface area contributed by atoms with Crippen LogP contribution in [0.3, 0.4) is 0 Å². The number of benzene rings is 2. The normalized spacial score (nSPS) is 18.4. The molecule has 0 radical (unpaired) electrons. The van der Waals surface area contributed by atoms with Crippen LogP contribution in [-0.4, -0.2) is 29.9 Å². The zero-order valence-electron chi connectivity index (χ0n) is 17.6. The van der Waals surface area contributed by atoms with E-state index in [1.54, 1.807) is 43.5 Å². The van der Waals surface area contributed by atoms with Gasteiger partial charge in [0.2, 0.25) is 0 Å². The molecular weight excluding hydrogens is 446 g/mol. The lowest BCUT2D eigenvalue weighted by molar-refractivity contribution is -0.384. The summed E-state index contributed by atoms with van der Waals surface area (Å²) >= 11 is 2.96. The van der Waals surface area contributed by atoms with Crippen LogP contribution in [0.15, 0.2) is 68.8 Å². The van der Waals surface area contributed by atoms with Gasteiger partial charge in [0.05, 0.1) is 16.3 Å². The van der Waals surface area contributed by atoms with E-state index in [1.165, 1.54) is 35.7 Å². The molecule has 164 valence electrons. The van der Waals surface area contributed by atoms with Crippen LogP contribution in [0.2, 0.25) is 0 Å². The average Bonchev–Trinajstić information content (AvgIpc) is 2.82. The summed E-state index contributed by atoms with van der Waals surface area (Å²) in [6, 6.07) is 13.1. The summed E-state index contributed by atoms with van der Waals surface area (Å²) < 4.78 is 6.03. The Morgan fingerprint density at radius 1 is 1.19 bits per heavy atom. The number of non-ortho nitro benzene ring substituents is 1. The Kier molecular flexibility index (Phi) is 6.53. The number of thioether (sulfide) groups is 2. The third kappa shape index (κ3) is 4.12. The minimum absolute atomic E-state index is 0.00967. The van der Waals surface area contributed by atoms with Gasteiger partial charge in [-0.1, -0.05) is 23.9 Å². The van der Waals surface area contributed by atoms with Crippen LogP contribution in [0.25, 0.3) is 0 Å². The Morgan fingerprint density at radius 3 is 2.59 bits per heavy atom. The predicted octanol–water partition coefficient (Wildman–Crippen LogP) is 5.90. The van der Waals surface area contributed by atoms with E-state index >= 15 is 0 Å². The molecule has 32 heavy (non-hydrogen) atoms. The van der Waals surface area contributed by atoms with Gasteiger partial charge in [0.15, 0.2) is 11.6 Å². The van der Waals surface area contributed by atoms with E-state index in [0.717, 1.165) is 22.0 Å². The first-order chi connectivity index (χ1) is 15.4. The van der Waals surface area contributed by atoms with Crippen molar-refractivity contribution in [1.82, 2.24) is 0 Å². The van der Waals surface area contributed by atoms with E-state index < -0.39 is 10.8 Å². The molecule has 4 rings (SSSR count). The lowest BCUT2D eigenvalue weighted by atomic mass is 9.77. The molecule has 0 bridgehead atoms. The van der Waals surface area contributed by atoms with Crippen molar-refractivity contribution in [3.8, 4) is 5.75 Å². The van der Waals surface area contributed by atoms with E-state index in [1.807, 2.05) is 6.26 Å². The molecule has 6 nitrogen and oxygen atoms in total. The Labute approximate surface area is 194 Å². The second kappa shape index (κ2) is 9.34. The minimum Gasteiger partial charge on any atom is -0.497 e. The highest BCUT2D eigenvalue weighted by Crippen LogP contribution is 2.54. The summed E-state index contributed by atoms with van der Waals surface area (Å²) in [5, 5.41) is 11.4. The second-order valence-corrected chi connectivity index (χ2v) is 9.64. The van der Waals surface area contributed by atoms with Gasteiger partial charge in [-0.15, -0.1) is 11.8 Å². The Bertz CT molecular complexity index is 1170. The Morgan fingerprint density at radius 2 is 1.94 bits per heavy atom. The molecule has 1 heterocycles. The summed E-state index contributed by atoms with van der Waals surface area (Å²) in [4.78, 5) is 38.8. The SMILES string of the molecule is COc1ccc(C(=O)C2=C(SC)SC3=C(C(=O)CCC3)C2c2cccc([N+](=O)[O-])c2)cc1. The van der Waals surface area contributed by atoms with Gasteiger partial charge in [0, 0.05) is 41.2 Å². The number of hydrogen-bond acceptors (Lipinski definition) is 7. The maximum Gasteiger partial charge on any atom is 0.269 e.